The summed E-state index contributed by atoms with van der Waals surface area (Å²) in [5, 5.41) is 4.20. The molecule has 0 atom stereocenters. The van der Waals surface area contributed by atoms with Gasteiger partial charge in [-0.25, -0.2) is 14.5 Å². The van der Waals surface area contributed by atoms with Gasteiger partial charge in [0.05, 0.1) is 25.1 Å². The van der Waals surface area contributed by atoms with E-state index in [-0.39, 0.29) is 6.17 Å². The number of hydrogen-bond donors (Lipinski definition) is 0. The zero-order chi connectivity index (χ0) is 19.3. The van der Waals surface area contributed by atoms with E-state index < -0.39 is 0 Å². The summed E-state index contributed by atoms with van der Waals surface area (Å²) in [6, 6.07) is 7.72. The highest BCUT2D eigenvalue weighted by molar-refractivity contribution is 5.69. The number of nitrogens with zero attached hydrogens (tertiary/aromatic N) is 6. The molecule has 0 saturated heterocycles. The molecule has 0 amide bonds. The summed E-state index contributed by atoms with van der Waals surface area (Å²) in [5.74, 6) is 1.19. The summed E-state index contributed by atoms with van der Waals surface area (Å²) in [7, 11) is 0. The van der Waals surface area contributed by atoms with Crippen LogP contribution in [0.5, 0.6) is 11.6 Å². The van der Waals surface area contributed by atoms with Crippen LogP contribution in [0.4, 0.5) is 0 Å². The van der Waals surface area contributed by atoms with E-state index in [9.17, 15) is 0 Å². The van der Waals surface area contributed by atoms with Gasteiger partial charge >= 0.3 is 0 Å². The standard InChI is InChI=1S/C20H16N6O/c1-13-11-15(27-20-17-5-6-24-26(17)10-8-22-20)3-4-16(13)19-14(2)23-12-18-21-7-9-25(18)19/h3-12H,1-2H3/i12D. The van der Waals surface area contributed by atoms with Gasteiger partial charge in [0.25, 0.3) is 0 Å². The van der Waals surface area contributed by atoms with Crippen LogP contribution in [-0.2, 0) is 0 Å². The van der Waals surface area contributed by atoms with Gasteiger partial charge in [-0.2, -0.15) is 5.10 Å². The van der Waals surface area contributed by atoms with Crippen LogP contribution < -0.4 is 4.74 Å². The van der Waals surface area contributed by atoms with Gasteiger partial charge in [0.15, 0.2) is 5.65 Å². The number of aromatic nitrogens is 6. The third kappa shape index (κ3) is 2.52. The number of benzene rings is 1. The molecule has 0 saturated carbocycles. The van der Waals surface area contributed by atoms with E-state index in [4.69, 9.17) is 6.11 Å². The molecule has 0 N–H and O–H groups in total. The minimum atomic E-state index is 0.170. The van der Waals surface area contributed by atoms with Crippen LogP contribution in [0.3, 0.4) is 0 Å². The van der Waals surface area contributed by atoms with Gasteiger partial charge in [-0.15, -0.1) is 0 Å². The molecule has 0 spiro atoms. The highest BCUT2D eigenvalue weighted by Crippen LogP contribution is 2.31. The van der Waals surface area contributed by atoms with Crippen LogP contribution in [0, 0.1) is 13.8 Å². The maximum atomic E-state index is 8.02. The van der Waals surface area contributed by atoms with Crippen LogP contribution in [0.2, 0.25) is 0 Å². The van der Waals surface area contributed by atoms with Crippen molar-refractivity contribution in [2.75, 3.05) is 0 Å². The van der Waals surface area contributed by atoms with E-state index in [1.54, 1.807) is 29.3 Å². The zero-order valence-corrected chi connectivity index (χ0v) is 14.8. The molecule has 1 aromatic carbocycles. The maximum absolute atomic E-state index is 8.02. The number of hydrogen-bond acceptors (Lipinski definition) is 5. The van der Waals surface area contributed by atoms with E-state index >= 15 is 0 Å². The lowest BCUT2D eigenvalue weighted by Gasteiger charge is -2.13. The van der Waals surface area contributed by atoms with Crippen molar-refractivity contribution >= 4 is 11.2 Å². The Morgan fingerprint density at radius 2 is 1.89 bits per heavy atom. The van der Waals surface area contributed by atoms with Gasteiger partial charge in [0.2, 0.25) is 5.88 Å². The molecule has 4 aromatic heterocycles. The fraction of sp³-hybridized carbons (Fsp3) is 0.100. The van der Waals surface area contributed by atoms with E-state index in [1.807, 2.05) is 48.7 Å². The van der Waals surface area contributed by atoms with E-state index in [2.05, 4.69) is 20.1 Å². The van der Waals surface area contributed by atoms with Crippen LogP contribution in [0.25, 0.3) is 22.4 Å². The second-order valence-corrected chi connectivity index (χ2v) is 6.25. The third-order valence-electron chi connectivity index (χ3n) is 4.50. The quantitative estimate of drug-likeness (QED) is 0.490. The van der Waals surface area contributed by atoms with Crippen LogP contribution in [-0.4, -0.2) is 29.0 Å². The predicted octanol–water partition coefficient (Wildman–Crippen LogP) is 3.85. The van der Waals surface area contributed by atoms with Crippen LogP contribution in [0.1, 0.15) is 12.6 Å². The Kier molecular flexibility index (Phi) is 3.16. The minimum absolute atomic E-state index is 0.170. The number of rotatable bonds is 3. The summed E-state index contributed by atoms with van der Waals surface area (Å²) < 4.78 is 17.6. The molecule has 27 heavy (non-hydrogen) atoms. The lowest BCUT2D eigenvalue weighted by molar-refractivity contribution is 0.465. The zero-order valence-electron chi connectivity index (χ0n) is 15.8. The number of aryl methyl sites for hydroxylation is 2. The van der Waals surface area contributed by atoms with Crippen LogP contribution in [0.15, 0.2) is 61.4 Å². The molecule has 0 radical (unpaired) electrons. The minimum Gasteiger partial charge on any atom is -0.437 e. The Morgan fingerprint density at radius 3 is 2.78 bits per heavy atom. The average Bonchev–Trinajstić information content (AvgIpc) is 3.33. The molecular weight excluding hydrogens is 340 g/mol. The lowest BCUT2D eigenvalue weighted by atomic mass is 10.0. The molecule has 4 heterocycles. The summed E-state index contributed by atoms with van der Waals surface area (Å²) >= 11 is 0. The molecule has 7 heteroatoms. The Balaban J connectivity index is 1.58. The van der Waals surface area contributed by atoms with Crippen molar-refractivity contribution in [1.29, 1.82) is 0 Å². The van der Waals surface area contributed by atoms with Crippen molar-refractivity contribution in [3.05, 3.63) is 72.7 Å². The molecular formula is C20H16N6O. The molecule has 0 aliphatic carbocycles. The van der Waals surface area contributed by atoms with E-state index in [0.717, 1.165) is 28.0 Å². The Morgan fingerprint density at radius 1 is 1.00 bits per heavy atom. The van der Waals surface area contributed by atoms with Gasteiger partial charge in [-0.3, -0.25) is 9.38 Å². The third-order valence-corrected chi connectivity index (χ3v) is 4.50. The molecule has 7 nitrogen and oxygen atoms in total. The normalized spacial score (nSPS) is 11.9. The molecule has 132 valence electrons. The second kappa shape index (κ2) is 5.91. The van der Waals surface area contributed by atoms with Crippen LogP contribution >= 0.6 is 0 Å². The summed E-state index contributed by atoms with van der Waals surface area (Å²) in [6.07, 6.45) is 8.85. The van der Waals surface area contributed by atoms with Crippen molar-refractivity contribution in [2.24, 2.45) is 0 Å². The molecule has 5 rings (SSSR count). The molecule has 0 aliphatic heterocycles. The fourth-order valence-corrected chi connectivity index (χ4v) is 3.24. The summed E-state index contributed by atoms with van der Waals surface area (Å²) in [5.41, 5.74) is 5.07. The second-order valence-electron chi connectivity index (χ2n) is 6.25. The summed E-state index contributed by atoms with van der Waals surface area (Å²) in [6.45, 7) is 3.92. The van der Waals surface area contributed by atoms with Gasteiger partial charge in [-0.1, -0.05) is 0 Å². The first-order chi connectivity index (χ1) is 13.6. The number of ether oxygens (including phenoxy) is 1. The van der Waals surface area contributed by atoms with E-state index in [1.165, 1.54) is 0 Å². The topological polar surface area (TPSA) is 69.6 Å². The number of imidazole rings is 1. The SMILES string of the molecule is [2H]c1nc(C)c(-c2ccc(Oc3nccn4nccc34)cc2C)n2ccnc12. The molecule has 0 fully saturated rings. The fourth-order valence-electron chi connectivity index (χ4n) is 3.24. The lowest BCUT2D eigenvalue weighted by Crippen LogP contribution is -1.99. The highest BCUT2D eigenvalue weighted by atomic mass is 16.5. The summed E-state index contributed by atoms with van der Waals surface area (Å²) in [4.78, 5) is 12.9. The molecule has 0 bridgehead atoms. The maximum Gasteiger partial charge on any atom is 0.245 e. The first-order valence-corrected chi connectivity index (χ1v) is 8.49. The largest absolute Gasteiger partial charge is 0.437 e. The van der Waals surface area contributed by atoms with Crippen molar-refractivity contribution in [3.63, 3.8) is 0 Å². The molecule has 5 aromatic rings. The smallest absolute Gasteiger partial charge is 0.245 e. The Bertz CT molecular complexity index is 1340. The predicted molar refractivity (Wildman–Crippen MR) is 101 cm³/mol. The first kappa shape index (κ1) is 14.4. The average molecular weight is 357 g/mol. The van der Waals surface area contributed by atoms with Crippen molar-refractivity contribution in [1.82, 2.24) is 29.0 Å². The molecule has 0 aliphatic rings. The first-order valence-electron chi connectivity index (χ1n) is 8.99. The monoisotopic (exact) mass is 357 g/mol. The van der Waals surface area contributed by atoms with Crippen molar-refractivity contribution in [2.45, 2.75) is 13.8 Å². The van der Waals surface area contributed by atoms with Gasteiger partial charge in [-0.05, 0) is 43.7 Å². The number of fused-ring (bicyclic) bond motifs is 2. The van der Waals surface area contributed by atoms with Gasteiger partial charge in [0.1, 0.15) is 11.3 Å². The Labute approximate surface area is 156 Å². The molecule has 0 unspecified atom stereocenters. The van der Waals surface area contributed by atoms with Gasteiger partial charge < -0.3 is 4.74 Å². The van der Waals surface area contributed by atoms with E-state index in [0.29, 0.717) is 17.3 Å². The van der Waals surface area contributed by atoms with Crippen molar-refractivity contribution in [3.8, 4) is 22.9 Å². The van der Waals surface area contributed by atoms with Gasteiger partial charge in [0, 0.05) is 30.4 Å². The Hall–Kier alpha value is -3.74. The highest BCUT2D eigenvalue weighted by Gasteiger charge is 2.13. The van der Waals surface area contributed by atoms with Crippen molar-refractivity contribution < 1.29 is 6.11 Å².